The van der Waals surface area contributed by atoms with Gasteiger partial charge in [-0.05, 0) is 20.2 Å². The van der Waals surface area contributed by atoms with E-state index < -0.39 is 10.0 Å². The molecule has 0 aliphatic rings. The fraction of sp³-hybridized carbons (Fsp3) is 0.643. The van der Waals surface area contributed by atoms with Crippen LogP contribution in [0.5, 0.6) is 5.88 Å². The molecule has 0 saturated heterocycles. The Bertz CT molecular complexity index is 594. The van der Waals surface area contributed by atoms with Crippen molar-refractivity contribution in [1.82, 2.24) is 15.2 Å². The van der Waals surface area contributed by atoms with Crippen LogP contribution < -0.4 is 20.2 Å². The van der Waals surface area contributed by atoms with E-state index >= 15 is 0 Å². The first-order chi connectivity index (χ1) is 10.7. The second kappa shape index (κ2) is 9.10. The number of aromatic nitrogens is 1. The first-order valence-corrected chi connectivity index (χ1v) is 9.12. The summed E-state index contributed by atoms with van der Waals surface area (Å²) in [5.41, 5.74) is 0.622. The Kier molecular flexibility index (Phi) is 7.80. The lowest BCUT2D eigenvalue weighted by atomic mass is 9.99. The first-order valence-electron chi connectivity index (χ1n) is 7.46. The molecule has 0 amide bonds. The smallest absolute Gasteiger partial charge is 0.238 e. The molecular weight excluding hydrogens is 315 g/mol. The Labute approximate surface area is 140 Å². The lowest BCUT2D eigenvalue weighted by Gasteiger charge is -2.15. The predicted octanol–water partition coefficient (Wildman–Crippen LogP) is -0.444. The first kappa shape index (κ1) is 19.7. The van der Waals surface area contributed by atoms with Crippen molar-refractivity contribution in [2.24, 2.45) is 0 Å². The van der Waals surface area contributed by atoms with Gasteiger partial charge in [-0.15, -0.1) is 0 Å². The minimum Gasteiger partial charge on any atom is -0.475 e. The number of anilines is 1. The molecule has 2 radical (unpaired) electrons. The second-order valence-corrected chi connectivity index (χ2v) is 7.64. The minimum atomic E-state index is -3.50. The molecule has 0 fully saturated rings. The zero-order valence-electron chi connectivity index (χ0n) is 14.2. The summed E-state index contributed by atoms with van der Waals surface area (Å²) in [5.74, 6) is 0.196. The van der Waals surface area contributed by atoms with Gasteiger partial charge in [-0.1, -0.05) is 19.3 Å². The highest BCUT2D eigenvalue weighted by Crippen LogP contribution is 2.20. The lowest BCUT2D eigenvalue weighted by molar-refractivity contribution is 0.299. The third-order valence-corrected chi connectivity index (χ3v) is 4.09. The number of hydrogen-bond donors (Lipinski definition) is 2. The highest BCUT2D eigenvalue weighted by atomic mass is 32.2. The van der Waals surface area contributed by atoms with Gasteiger partial charge in [0.1, 0.15) is 20.1 Å². The lowest BCUT2D eigenvalue weighted by Crippen LogP contribution is -2.28. The standard InChI is InChI=1S/C14H25BN4O3S/c1-11(2)16-5-7-22-14-13(9-12(15)10-17-14)18-23(20,21)8-6-19(3)4/h9-11,16,18H,5-8H2,1-4H3. The molecule has 1 aromatic rings. The Morgan fingerprint density at radius 3 is 2.70 bits per heavy atom. The van der Waals surface area contributed by atoms with E-state index in [0.717, 1.165) is 0 Å². The summed E-state index contributed by atoms with van der Waals surface area (Å²) in [7, 11) is 5.82. The molecule has 1 aromatic heterocycles. The van der Waals surface area contributed by atoms with Gasteiger partial charge >= 0.3 is 0 Å². The van der Waals surface area contributed by atoms with Crippen LogP contribution in [0, 0.1) is 0 Å². The van der Waals surface area contributed by atoms with E-state index in [4.69, 9.17) is 12.6 Å². The number of nitrogens with zero attached hydrogens (tertiary/aromatic N) is 2. The fourth-order valence-corrected chi connectivity index (χ4v) is 2.86. The summed E-state index contributed by atoms with van der Waals surface area (Å²) in [5, 5.41) is 3.21. The van der Waals surface area contributed by atoms with Crippen LogP contribution in [0.15, 0.2) is 12.3 Å². The van der Waals surface area contributed by atoms with Gasteiger partial charge in [-0.3, -0.25) is 4.72 Å². The van der Waals surface area contributed by atoms with Gasteiger partial charge in [0.2, 0.25) is 15.9 Å². The molecule has 0 spiro atoms. The highest BCUT2D eigenvalue weighted by molar-refractivity contribution is 7.92. The van der Waals surface area contributed by atoms with Gasteiger partial charge < -0.3 is 15.0 Å². The van der Waals surface area contributed by atoms with E-state index in [1.165, 1.54) is 12.3 Å². The molecule has 0 aliphatic heterocycles. The maximum atomic E-state index is 12.1. The van der Waals surface area contributed by atoms with Crippen molar-refractivity contribution in [1.29, 1.82) is 0 Å². The van der Waals surface area contributed by atoms with Crippen molar-refractivity contribution < 1.29 is 13.2 Å². The topological polar surface area (TPSA) is 83.6 Å². The van der Waals surface area contributed by atoms with E-state index in [9.17, 15) is 8.42 Å². The van der Waals surface area contributed by atoms with Crippen molar-refractivity contribution in [3.8, 4) is 5.88 Å². The van der Waals surface area contributed by atoms with Crippen LogP contribution in [-0.4, -0.2) is 71.7 Å². The molecule has 0 saturated carbocycles. The third kappa shape index (κ3) is 8.20. The molecule has 0 bridgehead atoms. The average molecular weight is 340 g/mol. The molecule has 9 heteroatoms. The minimum absolute atomic E-state index is 0.0247. The summed E-state index contributed by atoms with van der Waals surface area (Å²) in [4.78, 5) is 5.86. The molecule has 0 aromatic carbocycles. The van der Waals surface area contributed by atoms with Crippen LogP contribution in [-0.2, 0) is 10.0 Å². The molecule has 1 rings (SSSR count). The number of nitrogens with one attached hydrogen (secondary N) is 2. The van der Waals surface area contributed by atoms with Gasteiger partial charge in [0.15, 0.2) is 0 Å². The maximum absolute atomic E-state index is 12.1. The SMILES string of the molecule is [B]c1cnc(OCCNC(C)C)c(NS(=O)(=O)CCN(C)C)c1. The van der Waals surface area contributed by atoms with Crippen molar-refractivity contribution in [2.45, 2.75) is 19.9 Å². The molecule has 7 nitrogen and oxygen atoms in total. The maximum Gasteiger partial charge on any atom is 0.238 e. The number of pyridine rings is 1. The number of rotatable bonds is 10. The van der Waals surface area contributed by atoms with Crippen LogP contribution >= 0.6 is 0 Å². The molecular formula is C14H25BN4O3S. The zero-order valence-corrected chi connectivity index (χ0v) is 15.0. The van der Waals surface area contributed by atoms with E-state index in [-0.39, 0.29) is 17.3 Å². The second-order valence-electron chi connectivity index (χ2n) is 5.80. The molecule has 0 atom stereocenters. The Morgan fingerprint density at radius 2 is 2.09 bits per heavy atom. The predicted molar refractivity (Wildman–Crippen MR) is 94.2 cm³/mol. The molecule has 0 aliphatic carbocycles. The van der Waals surface area contributed by atoms with Crippen molar-refractivity contribution in [3.05, 3.63) is 12.3 Å². The van der Waals surface area contributed by atoms with Crippen molar-refractivity contribution in [2.75, 3.05) is 44.3 Å². The molecule has 23 heavy (non-hydrogen) atoms. The van der Waals surface area contributed by atoms with Crippen molar-refractivity contribution in [3.63, 3.8) is 0 Å². The highest BCUT2D eigenvalue weighted by Gasteiger charge is 2.15. The normalized spacial score (nSPS) is 11.9. The van der Waals surface area contributed by atoms with Crippen LogP contribution in [0.1, 0.15) is 13.8 Å². The summed E-state index contributed by atoms with van der Waals surface area (Å²) in [6.07, 6.45) is 1.43. The van der Waals surface area contributed by atoms with Gasteiger partial charge in [-0.2, -0.15) is 0 Å². The van der Waals surface area contributed by atoms with Gasteiger partial charge in [0.25, 0.3) is 0 Å². The molecule has 128 valence electrons. The van der Waals surface area contributed by atoms with E-state index in [0.29, 0.717) is 31.2 Å². The zero-order chi connectivity index (χ0) is 17.5. The summed E-state index contributed by atoms with van der Waals surface area (Å²) < 4.78 is 32.3. The summed E-state index contributed by atoms with van der Waals surface area (Å²) >= 11 is 0. The Balaban J connectivity index is 2.74. The molecule has 0 unspecified atom stereocenters. The average Bonchev–Trinajstić information content (AvgIpc) is 2.43. The van der Waals surface area contributed by atoms with Crippen LogP contribution in [0.3, 0.4) is 0 Å². The third-order valence-electron chi connectivity index (χ3n) is 2.84. The van der Waals surface area contributed by atoms with Gasteiger partial charge in [0, 0.05) is 25.3 Å². The van der Waals surface area contributed by atoms with Gasteiger partial charge in [0.05, 0.1) is 5.75 Å². The van der Waals surface area contributed by atoms with E-state index in [1.54, 1.807) is 4.90 Å². The molecule has 2 N–H and O–H groups in total. The van der Waals surface area contributed by atoms with Crippen LogP contribution in [0.25, 0.3) is 0 Å². The van der Waals surface area contributed by atoms with Gasteiger partial charge in [-0.25, -0.2) is 13.4 Å². The van der Waals surface area contributed by atoms with E-state index in [1.807, 2.05) is 27.9 Å². The number of ether oxygens (including phenoxy) is 1. The summed E-state index contributed by atoms with van der Waals surface area (Å²) in [6.45, 7) is 5.50. The van der Waals surface area contributed by atoms with Crippen LogP contribution in [0.2, 0.25) is 0 Å². The molecule has 1 heterocycles. The van der Waals surface area contributed by atoms with E-state index in [2.05, 4.69) is 15.0 Å². The monoisotopic (exact) mass is 340 g/mol. The quantitative estimate of drug-likeness (QED) is 0.444. The Hall–Kier alpha value is -1.32. The largest absolute Gasteiger partial charge is 0.475 e. The van der Waals surface area contributed by atoms with Crippen LogP contribution in [0.4, 0.5) is 5.69 Å². The number of sulfonamides is 1. The summed E-state index contributed by atoms with van der Waals surface area (Å²) in [6, 6.07) is 1.85. The number of hydrogen-bond acceptors (Lipinski definition) is 6. The van der Waals surface area contributed by atoms with Crippen molar-refractivity contribution >= 4 is 29.0 Å². The fourth-order valence-electron chi connectivity index (χ4n) is 1.67. The Morgan fingerprint density at radius 1 is 1.39 bits per heavy atom.